The Morgan fingerprint density at radius 3 is 3.07 bits per heavy atom. The maximum Gasteiger partial charge on any atom is 0.200 e. The Labute approximate surface area is 83.8 Å². The summed E-state index contributed by atoms with van der Waals surface area (Å²) in [6.07, 6.45) is 7.67. The predicted octanol–water partition coefficient (Wildman–Crippen LogP) is 1.02. The van der Waals surface area contributed by atoms with E-state index < -0.39 is 0 Å². The van der Waals surface area contributed by atoms with Crippen molar-refractivity contribution in [1.82, 2.24) is 9.55 Å². The maximum atomic E-state index is 9.52. The van der Waals surface area contributed by atoms with Gasteiger partial charge in [0.2, 0.25) is 0 Å². The highest BCUT2D eigenvalue weighted by atomic mass is 16.3. The third-order valence-corrected chi connectivity index (χ3v) is 2.96. The average molecular weight is 195 g/mol. The number of imidazole rings is 1. The van der Waals surface area contributed by atoms with Crippen LogP contribution in [0.15, 0.2) is 12.4 Å². The van der Waals surface area contributed by atoms with Crippen molar-refractivity contribution < 1.29 is 5.11 Å². The molecule has 0 aromatic carbocycles. The molecule has 14 heavy (non-hydrogen) atoms. The molecule has 78 valence electrons. The fourth-order valence-electron chi connectivity index (χ4n) is 2.20. The summed E-state index contributed by atoms with van der Waals surface area (Å²) in [4.78, 5) is 3.98. The van der Waals surface area contributed by atoms with Crippen LogP contribution in [0.5, 0.6) is 0 Å². The summed E-state index contributed by atoms with van der Waals surface area (Å²) in [7, 11) is 0. The molecule has 0 amide bonds. The molecule has 1 fully saturated rings. The smallest absolute Gasteiger partial charge is 0.200 e. The molecule has 4 nitrogen and oxygen atoms in total. The zero-order valence-corrected chi connectivity index (χ0v) is 8.26. The van der Waals surface area contributed by atoms with Gasteiger partial charge in [-0.25, -0.2) is 4.98 Å². The molecule has 1 aromatic rings. The lowest BCUT2D eigenvalue weighted by Crippen LogP contribution is -2.23. The summed E-state index contributed by atoms with van der Waals surface area (Å²) in [5, 5.41) is 9.52. The fraction of sp³-hybridized carbons (Fsp3) is 0.700. The SMILES string of the molecule is Nc1nccn1CC1CCCC(O)C1. The number of anilines is 1. The van der Waals surface area contributed by atoms with E-state index in [0.29, 0.717) is 11.9 Å². The molecule has 0 aliphatic heterocycles. The van der Waals surface area contributed by atoms with Gasteiger partial charge in [0.25, 0.3) is 0 Å². The monoisotopic (exact) mass is 195 g/mol. The van der Waals surface area contributed by atoms with Crippen LogP contribution in [0, 0.1) is 5.92 Å². The van der Waals surface area contributed by atoms with Crippen molar-refractivity contribution in [1.29, 1.82) is 0 Å². The molecular formula is C10H17N3O. The molecule has 1 aliphatic carbocycles. The largest absolute Gasteiger partial charge is 0.393 e. The minimum atomic E-state index is -0.113. The molecule has 4 heteroatoms. The second kappa shape index (κ2) is 4.00. The van der Waals surface area contributed by atoms with Crippen molar-refractivity contribution >= 4 is 5.95 Å². The van der Waals surface area contributed by atoms with E-state index >= 15 is 0 Å². The molecule has 2 unspecified atom stereocenters. The van der Waals surface area contributed by atoms with Crippen molar-refractivity contribution in [2.75, 3.05) is 5.73 Å². The molecule has 3 N–H and O–H groups in total. The van der Waals surface area contributed by atoms with Crippen molar-refractivity contribution in [2.24, 2.45) is 5.92 Å². The zero-order valence-electron chi connectivity index (χ0n) is 8.26. The van der Waals surface area contributed by atoms with Gasteiger partial charge in [0.15, 0.2) is 5.95 Å². The summed E-state index contributed by atoms with van der Waals surface area (Å²) < 4.78 is 1.96. The van der Waals surface area contributed by atoms with Crippen LogP contribution in [-0.2, 0) is 6.54 Å². The highest BCUT2D eigenvalue weighted by Crippen LogP contribution is 2.25. The second-order valence-corrected chi connectivity index (χ2v) is 4.12. The first-order valence-electron chi connectivity index (χ1n) is 5.20. The molecule has 0 bridgehead atoms. The van der Waals surface area contributed by atoms with Crippen molar-refractivity contribution in [3.8, 4) is 0 Å². The molecule has 0 saturated heterocycles. The third kappa shape index (κ3) is 2.07. The van der Waals surface area contributed by atoms with Gasteiger partial charge in [-0.1, -0.05) is 6.42 Å². The number of aliphatic hydroxyl groups is 1. The minimum absolute atomic E-state index is 0.113. The van der Waals surface area contributed by atoms with Gasteiger partial charge in [0.05, 0.1) is 6.10 Å². The molecule has 2 rings (SSSR count). The van der Waals surface area contributed by atoms with Crippen LogP contribution < -0.4 is 5.73 Å². The van der Waals surface area contributed by atoms with E-state index in [9.17, 15) is 5.11 Å². The first kappa shape index (κ1) is 9.52. The molecule has 1 saturated carbocycles. The Morgan fingerprint density at radius 2 is 2.43 bits per heavy atom. The number of nitrogens with zero attached hydrogens (tertiary/aromatic N) is 2. The van der Waals surface area contributed by atoms with E-state index in [1.165, 1.54) is 6.42 Å². The zero-order chi connectivity index (χ0) is 9.97. The summed E-state index contributed by atoms with van der Waals surface area (Å²) in [6, 6.07) is 0. The second-order valence-electron chi connectivity index (χ2n) is 4.12. The van der Waals surface area contributed by atoms with Crippen molar-refractivity contribution in [2.45, 2.75) is 38.3 Å². The Bertz CT molecular complexity index is 297. The normalized spacial score (nSPS) is 27.8. The Balaban J connectivity index is 1.94. The van der Waals surface area contributed by atoms with E-state index in [-0.39, 0.29) is 6.10 Å². The molecule has 2 atom stereocenters. The molecule has 1 heterocycles. The number of nitrogens with two attached hydrogens (primary N) is 1. The molecule has 1 aromatic heterocycles. The van der Waals surface area contributed by atoms with Crippen molar-refractivity contribution in [3.63, 3.8) is 0 Å². The van der Waals surface area contributed by atoms with Gasteiger partial charge in [-0.05, 0) is 25.2 Å². The van der Waals surface area contributed by atoms with Gasteiger partial charge in [-0.3, -0.25) is 0 Å². The number of hydrogen-bond acceptors (Lipinski definition) is 3. The first-order valence-corrected chi connectivity index (χ1v) is 5.20. The minimum Gasteiger partial charge on any atom is -0.393 e. The van der Waals surface area contributed by atoms with Gasteiger partial charge in [-0.15, -0.1) is 0 Å². The summed E-state index contributed by atoms with van der Waals surface area (Å²) in [5.74, 6) is 1.13. The van der Waals surface area contributed by atoms with Gasteiger partial charge >= 0.3 is 0 Å². The van der Waals surface area contributed by atoms with E-state index in [1.54, 1.807) is 6.20 Å². The topological polar surface area (TPSA) is 64.1 Å². The van der Waals surface area contributed by atoms with Crippen LogP contribution in [-0.4, -0.2) is 20.8 Å². The first-order chi connectivity index (χ1) is 6.75. The van der Waals surface area contributed by atoms with Crippen LogP contribution in [0.3, 0.4) is 0 Å². The number of rotatable bonds is 2. The van der Waals surface area contributed by atoms with E-state index in [0.717, 1.165) is 25.8 Å². The Hall–Kier alpha value is -1.03. The van der Waals surface area contributed by atoms with Crippen LogP contribution in [0.1, 0.15) is 25.7 Å². The van der Waals surface area contributed by atoms with Crippen LogP contribution >= 0.6 is 0 Å². The molecule has 1 aliphatic rings. The van der Waals surface area contributed by atoms with Gasteiger partial charge in [0.1, 0.15) is 0 Å². The lowest BCUT2D eigenvalue weighted by Gasteiger charge is -2.26. The predicted molar refractivity (Wildman–Crippen MR) is 54.6 cm³/mol. The molecule has 0 spiro atoms. The van der Waals surface area contributed by atoms with Gasteiger partial charge < -0.3 is 15.4 Å². The highest BCUT2D eigenvalue weighted by Gasteiger charge is 2.20. The number of nitrogen functional groups attached to an aromatic ring is 1. The standard InChI is InChI=1S/C10H17N3O/c11-10-12-4-5-13(10)7-8-2-1-3-9(14)6-8/h4-5,8-9,14H,1-3,6-7H2,(H2,11,12). The molecular weight excluding hydrogens is 178 g/mol. The van der Waals surface area contributed by atoms with E-state index in [2.05, 4.69) is 4.98 Å². The van der Waals surface area contributed by atoms with Crippen molar-refractivity contribution in [3.05, 3.63) is 12.4 Å². The van der Waals surface area contributed by atoms with E-state index in [1.807, 2.05) is 10.8 Å². The lowest BCUT2D eigenvalue weighted by molar-refractivity contribution is 0.0956. The van der Waals surface area contributed by atoms with Crippen LogP contribution in [0.25, 0.3) is 0 Å². The number of hydrogen-bond donors (Lipinski definition) is 2. The summed E-state index contributed by atoms with van der Waals surface area (Å²) in [5.41, 5.74) is 5.68. The van der Waals surface area contributed by atoms with Crippen LogP contribution in [0.4, 0.5) is 5.95 Å². The van der Waals surface area contributed by atoms with Crippen LogP contribution in [0.2, 0.25) is 0 Å². The lowest BCUT2D eigenvalue weighted by atomic mass is 9.87. The quantitative estimate of drug-likeness (QED) is 0.740. The van der Waals surface area contributed by atoms with Gasteiger partial charge in [0, 0.05) is 18.9 Å². The Kier molecular flexibility index (Phi) is 2.72. The van der Waals surface area contributed by atoms with Gasteiger partial charge in [-0.2, -0.15) is 0 Å². The summed E-state index contributed by atoms with van der Waals surface area (Å²) >= 11 is 0. The number of aromatic nitrogens is 2. The Morgan fingerprint density at radius 1 is 1.57 bits per heavy atom. The summed E-state index contributed by atoms with van der Waals surface area (Å²) in [6.45, 7) is 0.892. The fourth-order valence-corrected chi connectivity index (χ4v) is 2.20. The van der Waals surface area contributed by atoms with E-state index in [4.69, 9.17) is 5.73 Å². The molecule has 0 radical (unpaired) electrons. The highest BCUT2D eigenvalue weighted by molar-refractivity contribution is 5.16. The average Bonchev–Trinajstić information content (AvgIpc) is 2.52. The maximum absolute atomic E-state index is 9.52. The number of aliphatic hydroxyl groups excluding tert-OH is 1. The third-order valence-electron chi connectivity index (χ3n) is 2.96.